The first-order chi connectivity index (χ1) is 10.2. The maximum Gasteiger partial charge on any atom is 0.227 e. The molecule has 0 saturated carbocycles. The second kappa shape index (κ2) is 7.19. The highest BCUT2D eigenvalue weighted by atomic mass is 16.5. The summed E-state index contributed by atoms with van der Waals surface area (Å²) in [5, 5.41) is 2.75. The number of nitrogens with two attached hydrogens (primary N) is 1. The summed E-state index contributed by atoms with van der Waals surface area (Å²) in [5.74, 6) is 1.32. The Morgan fingerprint density at radius 3 is 2.43 bits per heavy atom. The Morgan fingerprint density at radius 2 is 1.76 bits per heavy atom. The molecule has 2 aromatic carbocycles. The zero-order chi connectivity index (χ0) is 15.1. The van der Waals surface area contributed by atoms with Crippen LogP contribution in [0.1, 0.15) is 6.42 Å². The largest absolute Gasteiger partial charge is 0.497 e. The van der Waals surface area contributed by atoms with Gasteiger partial charge in [-0.25, -0.2) is 0 Å². The van der Waals surface area contributed by atoms with E-state index in [2.05, 4.69) is 5.32 Å². The van der Waals surface area contributed by atoms with Gasteiger partial charge >= 0.3 is 0 Å². The Balaban J connectivity index is 1.77. The predicted molar refractivity (Wildman–Crippen MR) is 82.6 cm³/mol. The maximum absolute atomic E-state index is 11.8. The van der Waals surface area contributed by atoms with Crippen LogP contribution in [-0.2, 0) is 4.79 Å². The average molecular weight is 286 g/mol. The van der Waals surface area contributed by atoms with Crippen molar-refractivity contribution in [3.05, 3.63) is 48.5 Å². The monoisotopic (exact) mass is 286 g/mol. The highest BCUT2D eigenvalue weighted by Gasteiger charge is 2.05. The number of rotatable bonds is 6. The molecule has 0 aromatic heterocycles. The van der Waals surface area contributed by atoms with Gasteiger partial charge in [0.15, 0.2) is 0 Å². The van der Waals surface area contributed by atoms with Gasteiger partial charge < -0.3 is 20.5 Å². The van der Waals surface area contributed by atoms with Crippen molar-refractivity contribution in [1.82, 2.24) is 0 Å². The van der Waals surface area contributed by atoms with Crippen molar-refractivity contribution >= 4 is 17.3 Å². The van der Waals surface area contributed by atoms with Crippen LogP contribution in [0, 0.1) is 0 Å². The molecule has 0 aliphatic rings. The van der Waals surface area contributed by atoms with Gasteiger partial charge in [-0.3, -0.25) is 4.79 Å². The fourth-order valence-corrected chi connectivity index (χ4v) is 1.76. The summed E-state index contributed by atoms with van der Waals surface area (Å²) in [6, 6.07) is 14.3. The minimum Gasteiger partial charge on any atom is -0.497 e. The van der Waals surface area contributed by atoms with Gasteiger partial charge in [-0.1, -0.05) is 12.1 Å². The summed E-state index contributed by atoms with van der Waals surface area (Å²) in [5.41, 5.74) is 6.92. The number of benzene rings is 2. The molecule has 2 rings (SSSR count). The second-order valence-electron chi connectivity index (χ2n) is 4.41. The number of para-hydroxylation sites is 2. The molecular formula is C16H18N2O3. The summed E-state index contributed by atoms with van der Waals surface area (Å²) < 4.78 is 10.6. The van der Waals surface area contributed by atoms with Gasteiger partial charge in [0.05, 0.1) is 31.5 Å². The summed E-state index contributed by atoms with van der Waals surface area (Å²) in [4.78, 5) is 11.8. The molecule has 5 heteroatoms. The van der Waals surface area contributed by atoms with E-state index in [-0.39, 0.29) is 12.3 Å². The van der Waals surface area contributed by atoms with Crippen LogP contribution in [-0.4, -0.2) is 19.6 Å². The van der Waals surface area contributed by atoms with Crippen molar-refractivity contribution in [2.45, 2.75) is 6.42 Å². The molecule has 1 amide bonds. The standard InChI is InChI=1S/C16H18N2O3/c1-20-12-6-8-13(9-7-12)21-11-10-16(19)18-15-5-3-2-4-14(15)17/h2-9H,10-11,17H2,1H3,(H,18,19). The molecule has 110 valence electrons. The van der Waals surface area contributed by atoms with E-state index in [0.29, 0.717) is 23.7 Å². The van der Waals surface area contributed by atoms with E-state index in [4.69, 9.17) is 15.2 Å². The van der Waals surface area contributed by atoms with Crippen molar-refractivity contribution in [3.63, 3.8) is 0 Å². The molecule has 0 bridgehead atoms. The lowest BCUT2D eigenvalue weighted by Gasteiger charge is -2.09. The Morgan fingerprint density at radius 1 is 1.10 bits per heavy atom. The van der Waals surface area contributed by atoms with Gasteiger partial charge in [-0.2, -0.15) is 0 Å². The SMILES string of the molecule is COc1ccc(OCCC(=O)Nc2ccccc2N)cc1. The molecule has 3 N–H and O–H groups in total. The normalized spacial score (nSPS) is 9.95. The third kappa shape index (κ3) is 4.42. The fraction of sp³-hybridized carbons (Fsp3) is 0.188. The van der Waals surface area contributed by atoms with Crippen molar-refractivity contribution in [3.8, 4) is 11.5 Å². The minimum absolute atomic E-state index is 0.138. The van der Waals surface area contributed by atoms with E-state index in [0.717, 1.165) is 5.75 Å². The Hall–Kier alpha value is -2.69. The van der Waals surface area contributed by atoms with Crippen LogP contribution in [0.3, 0.4) is 0 Å². The smallest absolute Gasteiger partial charge is 0.227 e. The third-order valence-corrected chi connectivity index (χ3v) is 2.89. The number of nitrogens with one attached hydrogen (secondary N) is 1. The number of ether oxygens (including phenoxy) is 2. The van der Waals surface area contributed by atoms with Crippen LogP contribution in [0.25, 0.3) is 0 Å². The number of carbonyl (C=O) groups excluding carboxylic acids is 1. The summed E-state index contributed by atoms with van der Waals surface area (Å²) in [6.45, 7) is 0.297. The van der Waals surface area contributed by atoms with Crippen molar-refractivity contribution < 1.29 is 14.3 Å². The van der Waals surface area contributed by atoms with Crippen molar-refractivity contribution in [1.29, 1.82) is 0 Å². The van der Waals surface area contributed by atoms with Gasteiger partial charge in [0.1, 0.15) is 11.5 Å². The second-order valence-corrected chi connectivity index (χ2v) is 4.41. The summed E-state index contributed by atoms with van der Waals surface area (Å²) in [7, 11) is 1.61. The molecule has 0 saturated heterocycles. The predicted octanol–water partition coefficient (Wildman–Crippen LogP) is 2.68. The zero-order valence-electron chi connectivity index (χ0n) is 11.8. The third-order valence-electron chi connectivity index (χ3n) is 2.89. The summed E-state index contributed by atoms with van der Waals surface area (Å²) in [6.07, 6.45) is 0.250. The number of amides is 1. The van der Waals surface area contributed by atoms with Gasteiger partial charge in [-0.05, 0) is 36.4 Å². The molecule has 0 unspecified atom stereocenters. The van der Waals surface area contributed by atoms with Crippen LogP contribution >= 0.6 is 0 Å². The van der Waals surface area contributed by atoms with E-state index in [1.54, 1.807) is 43.5 Å². The summed E-state index contributed by atoms with van der Waals surface area (Å²) >= 11 is 0. The lowest BCUT2D eigenvalue weighted by Crippen LogP contribution is -2.16. The van der Waals surface area contributed by atoms with Crippen LogP contribution in [0.2, 0.25) is 0 Å². The number of nitrogen functional groups attached to an aromatic ring is 1. The fourth-order valence-electron chi connectivity index (χ4n) is 1.76. The molecule has 0 heterocycles. The number of hydrogen-bond donors (Lipinski definition) is 2. The molecule has 0 aliphatic heterocycles. The number of hydrogen-bond acceptors (Lipinski definition) is 4. The maximum atomic E-state index is 11.8. The molecule has 21 heavy (non-hydrogen) atoms. The Bertz CT molecular complexity index is 597. The van der Waals surface area contributed by atoms with Crippen LogP contribution in [0.4, 0.5) is 11.4 Å². The van der Waals surface area contributed by atoms with E-state index < -0.39 is 0 Å². The van der Waals surface area contributed by atoms with E-state index in [1.165, 1.54) is 0 Å². The lowest BCUT2D eigenvalue weighted by atomic mass is 10.2. The number of carbonyl (C=O) groups is 1. The van der Waals surface area contributed by atoms with Crippen LogP contribution < -0.4 is 20.5 Å². The lowest BCUT2D eigenvalue weighted by molar-refractivity contribution is -0.116. The van der Waals surface area contributed by atoms with E-state index in [9.17, 15) is 4.79 Å². The van der Waals surface area contributed by atoms with Crippen molar-refractivity contribution in [2.75, 3.05) is 24.8 Å². The van der Waals surface area contributed by atoms with E-state index in [1.807, 2.05) is 12.1 Å². The van der Waals surface area contributed by atoms with Gasteiger partial charge in [0.25, 0.3) is 0 Å². The Labute approximate surface area is 123 Å². The van der Waals surface area contributed by atoms with Crippen molar-refractivity contribution in [2.24, 2.45) is 0 Å². The Kier molecular flexibility index (Phi) is 5.04. The zero-order valence-corrected chi connectivity index (χ0v) is 11.8. The quantitative estimate of drug-likeness (QED) is 0.801. The molecular weight excluding hydrogens is 268 g/mol. The topological polar surface area (TPSA) is 73.6 Å². The molecule has 0 spiro atoms. The van der Waals surface area contributed by atoms with E-state index >= 15 is 0 Å². The van der Waals surface area contributed by atoms with Crippen LogP contribution in [0.15, 0.2) is 48.5 Å². The molecule has 2 aromatic rings. The first-order valence-electron chi connectivity index (χ1n) is 6.60. The first-order valence-corrected chi connectivity index (χ1v) is 6.60. The number of anilines is 2. The van der Waals surface area contributed by atoms with Crippen LogP contribution in [0.5, 0.6) is 11.5 Å². The average Bonchev–Trinajstić information content (AvgIpc) is 2.50. The minimum atomic E-state index is -0.138. The van der Waals surface area contributed by atoms with Gasteiger partial charge in [0.2, 0.25) is 5.91 Å². The molecule has 5 nitrogen and oxygen atoms in total. The highest BCUT2D eigenvalue weighted by molar-refractivity contribution is 5.93. The molecule has 0 atom stereocenters. The molecule has 0 fully saturated rings. The molecule has 0 aliphatic carbocycles. The van der Waals surface area contributed by atoms with Gasteiger partial charge in [-0.15, -0.1) is 0 Å². The highest BCUT2D eigenvalue weighted by Crippen LogP contribution is 2.18. The van der Waals surface area contributed by atoms with Gasteiger partial charge in [0, 0.05) is 0 Å². The molecule has 0 radical (unpaired) electrons. The number of methoxy groups -OCH3 is 1. The first kappa shape index (κ1) is 14.7.